The summed E-state index contributed by atoms with van der Waals surface area (Å²) in [7, 11) is 0. The summed E-state index contributed by atoms with van der Waals surface area (Å²) in [5, 5.41) is 18.9. The first-order valence-corrected chi connectivity index (χ1v) is 8.60. The number of aliphatic hydroxyl groups is 1. The minimum absolute atomic E-state index is 0.0687. The Morgan fingerprint density at radius 2 is 1.64 bits per heavy atom. The zero-order valence-electron chi connectivity index (χ0n) is 15.5. The number of fused-ring (bicyclic) bond motifs is 1. The highest BCUT2D eigenvalue weighted by molar-refractivity contribution is 6.14. The molecule has 0 spiro atoms. The van der Waals surface area contributed by atoms with Crippen molar-refractivity contribution in [1.82, 2.24) is 9.89 Å². The molecule has 134 valence electrons. The van der Waals surface area contributed by atoms with Crippen LogP contribution in [0.3, 0.4) is 0 Å². The lowest BCUT2D eigenvalue weighted by atomic mass is 9.76. The van der Waals surface area contributed by atoms with Gasteiger partial charge >= 0.3 is 0 Å². The number of ketones is 2. The van der Waals surface area contributed by atoms with Gasteiger partial charge in [0, 0.05) is 19.3 Å². The van der Waals surface area contributed by atoms with Crippen LogP contribution < -0.4 is 0 Å². The lowest BCUT2D eigenvalue weighted by Gasteiger charge is -2.29. The zero-order valence-corrected chi connectivity index (χ0v) is 15.5. The summed E-state index contributed by atoms with van der Waals surface area (Å²) in [5.41, 5.74) is 1.93. The number of hydrogen-bond donors (Lipinski definition) is 1. The number of Topliss-reactive ketones (excluding diaryl/α,β-unsaturated/α-hetero) is 2. The molecule has 6 heteroatoms. The van der Waals surface area contributed by atoms with Crippen LogP contribution in [0.15, 0.2) is 16.4 Å². The second-order valence-electron chi connectivity index (χ2n) is 8.78. The number of carbonyl (C=O) groups excluding carboxylic acids is 2. The van der Waals surface area contributed by atoms with E-state index in [1.807, 2.05) is 27.7 Å². The molecule has 0 atom stereocenters. The van der Waals surface area contributed by atoms with Crippen LogP contribution in [-0.2, 0) is 11.2 Å². The molecule has 0 fully saturated rings. The fourth-order valence-electron chi connectivity index (χ4n) is 3.78. The number of nitrogens with zero attached hydrogens (tertiary/aromatic N) is 3. The topological polar surface area (TPSA) is 84.5 Å². The molecular formula is C19H25N3O3. The maximum absolute atomic E-state index is 12.4. The smallest absolute Gasteiger partial charge is 0.168 e. The molecule has 1 N–H and O–H groups in total. The lowest BCUT2D eigenvalue weighted by molar-refractivity contribution is -0.117. The van der Waals surface area contributed by atoms with Crippen molar-refractivity contribution in [1.29, 1.82) is 0 Å². The third-order valence-electron chi connectivity index (χ3n) is 4.89. The molecule has 3 rings (SSSR count). The number of aromatic nitrogens is 2. The molecule has 2 aliphatic rings. The fourth-order valence-corrected chi connectivity index (χ4v) is 3.78. The first-order valence-electron chi connectivity index (χ1n) is 8.60. The predicted molar refractivity (Wildman–Crippen MR) is 95.0 cm³/mol. The monoisotopic (exact) mass is 343 g/mol. The minimum Gasteiger partial charge on any atom is -0.511 e. The average molecular weight is 343 g/mol. The van der Waals surface area contributed by atoms with Gasteiger partial charge in [0.2, 0.25) is 0 Å². The van der Waals surface area contributed by atoms with Gasteiger partial charge in [-0.25, -0.2) is 0 Å². The Kier molecular flexibility index (Phi) is 3.97. The van der Waals surface area contributed by atoms with Crippen LogP contribution in [0.2, 0.25) is 0 Å². The van der Waals surface area contributed by atoms with Gasteiger partial charge in [0.25, 0.3) is 0 Å². The number of rotatable bonds is 2. The molecule has 1 aromatic heterocycles. The molecule has 0 aromatic carbocycles. The van der Waals surface area contributed by atoms with Crippen LogP contribution in [0.1, 0.15) is 68.7 Å². The van der Waals surface area contributed by atoms with Crippen molar-refractivity contribution in [2.24, 2.45) is 15.9 Å². The summed E-state index contributed by atoms with van der Waals surface area (Å²) in [6.45, 7) is 9.80. The van der Waals surface area contributed by atoms with Crippen molar-refractivity contribution in [3.05, 3.63) is 28.3 Å². The highest BCUT2D eigenvalue weighted by Gasteiger charge is 2.36. The third-order valence-corrected chi connectivity index (χ3v) is 4.89. The van der Waals surface area contributed by atoms with Crippen molar-refractivity contribution in [2.75, 3.05) is 0 Å². The lowest BCUT2D eigenvalue weighted by Crippen LogP contribution is -2.28. The van der Waals surface area contributed by atoms with Gasteiger partial charge in [-0.15, -0.1) is 0 Å². The van der Waals surface area contributed by atoms with Gasteiger partial charge < -0.3 is 5.11 Å². The van der Waals surface area contributed by atoms with Crippen LogP contribution in [0.4, 0.5) is 0 Å². The summed E-state index contributed by atoms with van der Waals surface area (Å²) in [4.78, 5) is 26.1. The maximum Gasteiger partial charge on any atom is 0.168 e. The molecule has 0 saturated heterocycles. The van der Waals surface area contributed by atoms with E-state index >= 15 is 0 Å². The van der Waals surface area contributed by atoms with Crippen LogP contribution >= 0.6 is 0 Å². The average Bonchev–Trinajstić information content (AvgIpc) is 2.71. The standard InChI is InChI=1S/C19H25N3O3/c1-11-17-13(6-18(2,3)9-16(17)25)22(21-11)20-10-12-14(23)7-19(4,5)8-15(12)24/h10,23H,6-9H2,1-5H3/b20-10+. The van der Waals surface area contributed by atoms with Gasteiger partial charge in [-0.3, -0.25) is 9.59 Å². The molecule has 0 bridgehead atoms. The van der Waals surface area contributed by atoms with E-state index in [2.05, 4.69) is 10.2 Å². The maximum atomic E-state index is 12.4. The number of aryl methyl sites for hydroxylation is 1. The number of aliphatic hydroxyl groups excluding tert-OH is 1. The zero-order chi connectivity index (χ0) is 18.6. The van der Waals surface area contributed by atoms with E-state index in [0.717, 1.165) is 5.69 Å². The van der Waals surface area contributed by atoms with E-state index in [9.17, 15) is 14.7 Å². The highest BCUT2D eigenvalue weighted by Crippen LogP contribution is 2.37. The summed E-state index contributed by atoms with van der Waals surface area (Å²) in [5.74, 6) is 0.0357. The van der Waals surface area contributed by atoms with Crippen molar-refractivity contribution in [3.63, 3.8) is 0 Å². The van der Waals surface area contributed by atoms with E-state index in [0.29, 0.717) is 36.9 Å². The van der Waals surface area contributed by atoms with E-state index in [1.165, 1.54) is 11.0 Å². The van der Waals surface area contributed by atoms with E-state index in [1.54, 1.807) is 6.92 Å². The Labute approximate surface area is 147 Å². The molecular weight excluding hydrogens is 318 g/mol. The largest absolute Gasteiger partial charge is 0.511 e. The Hall–Kier alpha value is -2.24. The normalized spacial score (nSPS) is 22.6. The molecule has 0 radical (unpaired) electrons. The summed E-state index contributed by atoms with van der Waals surface area (Å²) < 4.78 is 0. The quantitative estimate of drug-likeness (QED) is 0.834. The minimum atomic E-state index is -0.240. The molecule has 0 saturated carbocycles. The predicted octanol–water partition coefficient (Wildman–Crippen LogP) is 3.38. The van der Waals surface area contributed by atoms with Gasteiger partial charge in [0.1, 0.15) is 5.76 Å². The molecule has 2 aliphatic carbocycles. The fraction of sp³-hybridized carbons (Fsp3) is 0.579. The van der Waals surface area contributed by atoms with E-state index in [-0.39, 0.29) is 33.7 Å². The Morgan fingerprint density at radius 3 is 2.28 bits per heavy atom. The van der Waals surface area contributed by atoms with Crippen molar-refractivity contribution in [3.8, 4) is 0 Å². The molecule has 0 unspecified atom stereocenters. The van der Waals surface area contributed by atoms with Gasteiger partial charge in [-0.1, -0.05) is 27.7 Å². The van der Waals surface area contributed by atoms with Crippen molar-refractivity contribution in [2.45, 2.75) is 60.3 Å². The van der Waals surface area contributed by atoms with Gasteiger partial charge in [-0.2, -0.15) is 15.0 Å². The molecule has 6 nitrogen and oxygen atoms in total. The summed E-state index contributed by atoms with van der Waals surface area (Å²) >= 11 is 0. The molecule has 1 heterocycles. The van der Waals surface area contributed by atoms with Crippen LogP contribution in [0.25, 0.3) is 0 Å². The Bertz CT molecular complexity index is 825. The molecule has 0 aliphatic heterocycles. The summed E-state index contributed by atoms with van der Waals surface area (Å²) in [6.07, 6.45) is 3.39. The van der Waals surface area contributed by atoms with Crippen molar-refractivity contribution < 1.29 is 14.7 Å². The third kappa shape index (κ3) is 3.30. The Morgan fingerprint density at radius 1 is 1.04 bits per heavy atom. The first-order chi connectivity index (χ1) is 11.5. The van der Waals surface area contributed by atoms with Crippen LogP contribution in [0.5, 0.6) is 0 Å². The highest BCUT2D eigenvalue weighted by atomic mass is 16.3. The second-order valence-corrected chi connectivity index (χ2v) is 8.78. The Balaban J connectivity index is 1.98. The van der Waals surface area contributed by atoms with E-state index in [4.69, 9.17) is 0 Å². The number of carbonyl (C=O) groups is 2. The van der Waals surface area contributed by atoms with Crippen molar-refractivity contribution >= 4 is 17.8 Å². The number of hydrogen-bond acceptors (Lipinski definition) is 5. The SMILES string of the molecule is Cc1nn(/N=C/C2=C(O)CC(C)(C)CC2=O)c2c1C(=O)CC(C)(C)C2. The molecule has 25 heavy (non-hydrogen) atoms. The second kappa shape index (κ2) is 5.64. The van der Waals surface area contributed by atoms with Crippen LogP contribution in [-0.4, -0.2) is 32.8 Å². The molecule has 1 aromatic rings. The molecule has 0 amide bonds. The van der Waals surface area contributed by atoms with E-state index < -0.39 is 0 Å². The van der Waals surface area contributed by atoms with Gasteiger partial charge in [-0.05, 0) is 24.2 Å². The number of allylic oxidation sites excluding steroid dienone is 2. The van der Waals surface area contributed by atoms with Gasteiger partial charge in [0.05, 0.1) is 28.7 Å². The van der Waals surface area contributed by atoms with Gasteiger partial charge in [0.15, 0.2) is 11.6 Å². The van der Waals surface area contributed by atoms with Crippen LogP contribution in [0, 0.1) is 17.8 Å². The summed E-state index contributed by atoms with van der Waals surface area (Å²) in [6, 6.07) is 0. The first kappa shape index (κ1) is 17.6.